The molecule has 0 rings (SSSR count). The van der Waals surface area contributed by atoms with Gasteiger partial charge in [-0.2, -0.15) is 0 Å². The van der Waals surface area contributed by atoms with E-state index in [9.17, 15) is 14.4 Å². The molecule has 16 heavy (non-hydrogen) atoms. The monoisotopic (exact) mass is 380 g/mol. The summed E-state index contributed by atoms with van der Waals surface area (Å²) < 4.78 is 15.3. The van der Waals surface area contributed by atoms with Crippen molar-refractivity contribution < 1.29 is 78.0 Å². The minimum Gasteiger partial charge on any atom is -0.790 e. The molecule has 0 aromatic rings. The number of alkyl halides is 1. The number of unbranched alkanes of at least 4 members (excludes halogenated alkanes) is 5. The van der Waals surface area contributed by atoms with Crippen LogP contribution in [0.2, 0.25) is 0 Å². The van der Waals surface area contributed by atoms with Gasteiger partial charge in [-0.1, -0.05) is 48.3 Å². The standard InChI is InChI=1S/C8H18IO4P.2Na/c9-7-5-3-1-2-4-6-8-13-14(10,11)12;;/h1-8H2,(H2,10,11,12);;/q;2*+1/p-2. The smallest absolute Gasteiger partial charge is 0.790 e. The van der Waals surface area contributed by atoms with Gasteiger partial charge in [0.2, 0.25) is 0 Å². The van der Waals surface area contributed by atoms with Crippen LogP contribution in [-0.2, 0) is 9.09 Å². The van der Waals surface area contributed by atoms with Gasteiger partial charge in [0.25, 0.3) is 0 Å². The number of rotatable bonds is 9. The van der Waals surface area contributed by atoms with E-state index in [0.29, 0.717) is 6.42 Å². The fourth-order valence-corrected chi connectivity index (χ4v) is 1.97. The first-order valence-corrected chi connectivity index (χ1v) is 7.77. The van der Waals surface area contributed by atoms with Crippen molar-refractivity contribution in [2.24, 2.45) is 0 Å². The van der Waals surface area contributed by atoms with Gasteiger partial charge in [0, 0.05) is 0 Å². The molecular weight excluding hydrogens is 364 g/mol. The van der Waals surface area contributed by atoms with Gasteiger partial charge in [0.1, 0.15) is 0 Å². The summed E-state index contributed by atoms with van der Waals surface area (Å²) in [5.41, 5.74) is 0. The van der Waals surface area contributed by atoms with Gasteiger partial charge in [-0.15, -0.1) is 0 Å². The molecule has 0 aliphatic rings. The molecule has 0 fully saturated rings. The minimum atomic E-state index is -4.73. The van der Waals surface area contributed by atoms with Crippen LogP contribution in [0.25, 0.3) is 0 Å². The second-order valence-electron chi connectivity index (χ2n) is 3.09. The molecule has 0 aromatic carbocycles. The number of hydrogen-bond acceptors (Lipinski definition) is 4. The van der Waals surface area contributed by atoms with Crippen LogP contribution < -0.4 is 68.9 Å². The van der Waals surface area contributed by atoms with Crippen molar-refractivity contribution in [3.8, 4) is 0 Å². The van der Waals surface area contributed by atoms with Crippen LogP contribution in [0.3, 0.4) is 0 Å². The average Bonchev–Trinajstić information content (AvgIpc) is 2.08. The third kappa shape index (κ3) is 22.1. The van der Waals surface area contributed by atoms with E-state index < -0.39 is 7.82 Å². The summed E-state index contributed by atoms with van der Waals surface area (Å²) in [5.74, 6) is 0. The molecule has 0 atom stereocenters. The Hall–Kier alpha value is 2.84. The van der Waals surface area contributed by atoms with Gasteiger partial charge in [0.05, 0.1) is 14.4 Å². The molecule has 0 heterocycles. The summed E-state index contributed by atoms with van der Waals surface area (Å²) in [6.45, 7) is 0.0383. The van der Waals surface area contributed by atoms with Crippen LogP contribution in [0.15, 0.2) is 0 Å². The van der Waals surface area contributed by atoms with Gasteiger partial charge < -0.3 is 18.9 Å². The molecule has 0 bridgehead atoms. The van der Waals surface area contributed by atoms with Crippen molar-refractivity contribution in [3.63, 3.8) is 0 Å². The molecule has 0 aliphatic carbocycles. The Kier molecular flexibility index (Phi) is 23.7. The van der Waals surface area contributed by atoms with E-state index in [1.54, 1.807) is 0 Å². The zero-order valence-corrected chi connectivity index (χ0v) is 17.2. The van der Waals surface area contributed by atoms with E-state index in [0.717, 1.165) is 12.8 Å². The molecule has 4 nitrogen and oxygen atoms in total. The van der Waals surface area contributed by atoms with E-state index in [1.165, 1.54) is 23.7 Å². The fraction of sp³-hybridized carbons (Fsp3) is 1.00. The normalized spacial score (nSPS) is 10.4. The van der Waals surface area contributed by atoms with Crippen LogP contribution in [0.5, 0.6) is 0 Å². The predicted molar refractivity (Wildman–Crippen MR) is 60.1 cm³/mol. The summed E-state index contributed by atoms with van der Waals surface area (Å²) >= 11 is 2.35. The summed E-state index contributed by atoms with van der Waals surface area (Å²) in [6, 6.07) is 0. The molecule has 0 N–H and O–H groups in total. The first-order chi connectivity index (χ1) is 6.56. The Morgan fingerprint density at radius 3 is 1.81 bits per heavy atom. The third-order valence-corrected chi connectivity index (χ3v) is 3.04. The Balaban J connectivity index is -0.000000845. The van der Waals surface area contributed by atoms with E-state index >= 15 is 0 Å². The quantitative estimate of drug-likeness (QED) is 0.133. The van der Waals surface area contributed by atoms with Crippen LogP contribution >= 0.6 is 30.4 Å². The molecule has 8 heteroatoms. The first-order valence-electron chi connectivity index (χ1n) is 4.79. The predicted octanol–water partition coefficient (Wildman–Crippen LogP) is -4.38. The number of phosphoric acid groups is 1. The number of halogens is 1. The van der Waals surface area contributed by atoms with E-state index in [4.69, 9.17) is 0 Å². The van der Waals surface area contributed by atoms with Crippen molar-refractivity contribution >= 4 is 30.4 Å². The summed E-state index contributed by atoms with van der Waals surface area (Å²) in [5, 5.41) is 0. The van der Waals surface area contributed by atoms with Crippen molar-refractivity contribution in [3.05, 3.63) is 0 Å². The molecule has 0 saturated carbocycles. The molecule has 0 saturated heterocycles. The number of hydrogen-bond donors (Lipinski definition) is 0. The Morgan fingerprint density at radius 2 is 1.38 bits per heavy atom. The molecule has 0 amide bonds. The van der Waals surface area contributed by atoms with Crippen LogP contribution in [-0.4, -0.2) is 11.0 Å². The Bertz CT molecular complexity index is 179. The van der Waals surface area contributed by atoms with Crippen molar-refractivity contribution in [1.82, 2.24) is 0 Å². The minimum absolute atomic E-state index is 0. The zero-order chi connectivity index (χ0) is 10.9. The van der Waals surface area contributed by atoms with Gasteiger partial charge in [-0.05, 0) is 17.3 Å². The van der Waals surface area contributed by atoms with Crippen molar-refractivity contribution in [2.75, 3.05) is 11.0 Å². The first kappa shape index (κ1) is 23.9. The second-order valence-corrected chi connectivity index (χ2v) is 5.32. The SMILES string of the molecule is O=P([O-])([O-])OCCCCCCCCI.[Na+].[Na+]. The topological polar surface area (TPSA) is 72.4 Å². The van der Waals surface area contributed by atoms with Crippen LogP contribution in [0, 0.1) is 0 Å². The maximum atomic E-state index is 10.1. The van der Waals surface area contributed by atoms with E-state index in [2.05, 4.69) is 27.1 Å². The molecule has 0 unspecified atom stereocenters. The molecular formula is C8H16INa2O4P. The molecule has 0 radical (unpaired) electrons. The maximum absolute atomic E-state index is 10.1. The molecule has 0 spiro atoms. The fourth-order valence-electron chi connectivity index (χ4n) is 1.08. The number of phosphoric ester groups is 1. The molecule has 86 valence electrons. The Labute approximate surface area is 156 Å². The van der Waals surface area contributed by atoms with Crippen molar-refractivity contribution in [1.29, 1.82) is 0 Å². The second kappa shape index (κ2) is 15.9. The van der Waals surface area contributed by atoms with Gasteiger partial charge in [0.15, 0.2) is 0 Å². The van der Waals surface area contributed by atoms with E-state index in [-0.39, 0.29) is 65.7 Å². The maximum Gasteiger partial charge on any atom is 1.00 e. The average molecular weight is 380 g/mol. The summed E-state index contributed by atoms with van der Waals surface area (Å²) in [4.78, 5) is 20.1. The third-order valence-electron chi connectivity index (χ3n) is 1.78. The van der Waals surface area contributed by atoms with E-state index in [1.807, 2.05) is 0 Å². The largest absolute Gasteiger partial charge is 1.00 e. The van der Waals surface area contributed by atoms with Gasteiger partial charge >= 0.3 is 59.1 Å². The van der Waals surface area contributed by atoms with Crippen LogP contribution in [0.4, 0.5) is 0 Å². The summed E-state index contributed by atoms with van der Waals surface area (Å²) in [6.07, 6.45) is 6.32. The summed E-state index contributed by atoms with van der Waals surface area (Å²) in [7, 11) is -4.73. The zero-order valence-electron chi connectivity index (χ0n) is 10.1. The Morgan fingerprint density at radius 1 is 0.938 bits per heavy atom. The molecule has 0 aromatic heterocycles. The van der Waals surface area contributed by atoms with Gasteiger partial charge in [-0.3, -0.25) is 0 Å². The van der Waals surface area contributed by atoms with Crippen molar-refractivity contribution in [2.45, 2.75) is 38.5 Å². The van der Waals surface area contributed by atoms with Crippen LogP contribution in [0.1, 0.15) is 38.5 Å². The van der Waals surface area contributed by atoms with Gasteiger partial charge in [-0.25, -0.2) is 0 Å². The molecule has 0 aliphatic heterocycles.